The van der Waals surface area contributed by atoms with Crippen LogP contribution in [-0.2, 0) is 0 Å². The zero-order valence-electron chi connectivity index (χ0n) is 10.1. The molecule has 0 saturated heterocycles. The SMILES string of the molecule is CC1CCC(C2CCCCC(O)C2)CC1. The molecule has 0 heterocycles. The second-order valence-electron chi connectivity index (χ2n) is 5.95. The molecule has 1 N–H and O–H groups in total. The molecule has 0 radical (unpaired) electrons. The molecule has 0 aromatic heterocycles. The van der Waals surface area contributed by atoms with Gasteiger partial charge in [-0.1, -0.05) is 39.0 Å². The molecule has 1 nitrogen and oxygen atoms in total. The average molecular weight is 210 g/mol. The fourth-order valence-electron chi connectivity index (χ4n) is 3.56. The van der Waals surface area contributed by atoms with Crippen LogP contribution < -0.4 is 0 Å². The molecule has 0 bridgehead atoms. The topological polar surface area (TPSA) is 20.2 Å². The fourth-order valence-corrected chi connectivity index (χ4v) is 3.56. The highest BCUT2D eigenvalue weighted by Gasteiger charge is 2.28. The molecule has 88 valence electrons. The van der Waals surface area contributed by atoms with Gasteiger partial charge in [0.15, 0.2) is 0 Å². The van der Waals surface area contributed by atoms with E-state index in [1.54, 1.807) is 0 Å². The Labute approximate surface area is 94.3 Å². The van der Waals surface area contributed by atoms with Crippen molar-refractivity contribution < 1.29 is 5.11 Å². The number of hydrogen-bond acceptors (Lipinski definition) is 1. The second-order valence-corrected chi connectivity index (χ2v) is 5.95. The van der Waals surface area contributed by atoms with Crippen molar-refractivity contribution in [3.8, 4) is 0 Å². The Morgan fingerprint density at radius 2 is 1.47 bits per heavy atom. The minimum absolute atomic E-state index is 0.0110. The minimum atomic E-state index is 0.0110. The molecule has 1 heteroatoms. The van der Waals surface area contributed by atoms with E-state index in [0.29, 0.717) is 0 Å². The summed E-state index contributed by atoms with van der Waals surface area (Å²) >= 11 is 0. The van der Waals surface area contributed by atoms with Crippen molar-refractivity contribution in [2.24, 2.45) is 17.8 Å². The van der Waals surface area contributed by atoms with Crippen LogP contribution in [0.15, 0.2) is 0 Å². The van der Waals surface area contributed by atoms with Crippen LogP contribution in [0.1, 0.15) is 64.7 Å². The van der Waals surface area contributed by atoms with E-state index in [4.69, 9.17) is 0 Å². The van der Waals surface area contributed by atoms with Crippen molar-refractivity contribution >= 4 is 0 Å². The largest absolute Gasteiger partial charge is 0.393 e. The summed E-state index contributed by atoms with van der Waals surface area (Å²) in [6, 6.07) is 0. The standard InChI is InChI=1S/C14H26O/c1-11-6-8-12(9-7-11)13-4-2-3-5-14(15)10-13/h11-15H,2-10H2,1H3. The van der Waals surface area contributed by atoms with E-state index in [9.17, 15) is 5.11 Å². The summed E-state index contributed by atoms with van der Waals surface area (Å²) < 4.78 is 0. The molecule has 2 unspecified atom stereocenters. The second kappa shape index (κ2) is 5.34. The Bertz CT molecular complexity index is 182. The maximum absolute atomic E-state index is 9.84. The van der Waals surface area contributed by atoms with Crippen molar-refractivity contribution in [1.29, 1.82) is 0 Å². The van der Waals surface area contributed by atoms with Crippen molar-refractivity contribution in [1.82, 2.24) is 0 Å². The number of hydrogen-bond donors (Lipinski definition) is 1. The van der Waals surface area contributed by atoms with Gasteiger partial charge in [-0.25, -0.2) is 0 Å². The molecular formula is C14H26O. The first-order valence-corrected chi connectivity index (χ1v) is 6.93. The van der Waals surface area contributed by atoms with Gasteiger partial charge in [-0.05, 0) is 43.4 Å². The zero-order chi connectivity index (χ0) is 10.7. The van der Waals surface area contributed by atoms with Crippen molar-refractivity contribution in [2.75, 3.05) is 0 Å². The summed E-state index contributed by atoms with van der Waals surface area (Å²) in [5.74, 6) is 2.74. The highest BCUT2D eigenvalue weighted by molar-refractivity contribution is 4.80. The third kappa shape index (κ3) is 3.21. The van der Waals surface area contributed by atoms with Gasteiger partial charge in [0, 0.05) is 0 Å². The lowest BCUT2D eigenvalue weighted by molar-refractivity contribution is 0.110. The lowest BCUT2D eigenvalue weighted by Crippen LogP contribution is -2.23. The van der Waals surface area contributed by atoms with Gasteiger partial charge in [-0.2, -0.15) is 0 Å². The molecule has 2 aliphatic rings. The molecule has 2 aliphatic carbocycles. The third-order valence-electron chi connectivity index (χ3n) is 4.66. The van der Waals surface area contributed by atoms with Crippen LogP contribution in [0, 0.1) is 17.8 Å². The van der Waals surface area contributed by atoms with Gasteiger partial charge in [0.05, 0.1) is 6.10 Å². The smallest absolute Gasteiger partial charge is 0.0543 e. The van der Waals surface area contributed by atoms with Crippen LogP contribution in [-0.4, -0.2) is 11.2 Å². The summed E-state index contributed by atoms with van der Waals surface area (Å²) in [5.41, 5.74) is 0. The van der Waals surface area contributed by atoms with Crippen LogP contribution in [0.25, 0.3) is 0 Å². The highest BCUT2D eigenvalue weighted by Crippen LogP contribution is 2.39. The molecule has 0 amide bonds. The summed E-state index contributed by atoms with van der Waals surface area (Å²) in [6.45, 7) is 2.39. The van der Waals surface area contributed by atoms with Crippen molar-refractivity contribution in [2.45, 2.75) is 70.8 Å². The van der Waals surface area contributed by atoms with Gasteiger partial charge >= 0.3 is 0 Å². The van der Waals surface area contributed by atoms with Crippen LogP contribution in [0.3, 0.4) is 0 Å². The summed E-state index contributed by atoms with van der Waals surface area (Å²) in [6.07, 6.45) is 11.9. The van der Waals surface area contributed by atoms with Crippen LogP contribution in [0.2, 0.25) is 0 Å². The molecule has 0 spiro atoms. The van der Waals surface area contributed by atoms with Gasteiger partial charge in [-0.3, -0.25) is 0 Å². The number of rotatable bonds is 1. The van der Waals surface area contributed by atoms with Crippen LogP contribution in [0.5, 0.6) is 0 Å². The molecule has 2 atom stereocenters. The third-order valence-corrected chi connectivity index (χ3v) is 4.66. The summed E-state index contributed by atoms with van der Waals surface area (Å²) in [7, 11) is 0. The van der Waals surface area contributed by atoms with Crippen LogP contribution in [0.4, 0.5) is 0 Å². The Morgan fingerprint density at radius 3 is 2.20 bits per heavy atom. The lowest BCUT2D eigenvalue weighted by Gasteiger charge is -2.32. The number of aliphatic hydroxyl groups excluding tert-OH is 1. The molecular weight excluding hydrogens is 184 g/mol. The predicted octanol–water partition coefficient (Wildman–Crippen LogP) is 3.75. The Morgan fingerprint density at radius 1 is 0.800 bits per heavy atom. The van der Waals surface area contributed by atoms with E-state index in [1.165, 1.54) is 44.9 Å². The molecule has 2 fully saturated rings. The molecule has 15 heavy (non-hydrogen) atoms. The fraction of sp³-hybridized carbons (Fsp3) is 1.00. The van der Waals surface area contributed by atoms with E-state index in [2.05, 4.69) is 6.92 Å². The quantitative estimate of drug-likeness (QED) is 0.653. The van der Waals surface area contributed by atoms with Crippen molar-refractivity contribution in [3.05, 3.63) is 0 Å². The van der Waals surface area contributed by atoms with Gasteiger partial charge in [-0.15, -0.1) is 0 Å². The van der Waals surface area contributed by atoms with Gasteiger partial charge in [0.25, 0.3) is 0 Å². The molecule has 2 rings (SSSR count). The van der Waals surface area contributed by atoms with E-state index in [1.807, 2.05) is 0 Å². The first kappa shape index (κ1) is 11.4. The number of aliphatic hydroxyl groups is 1. The van der Waals surface area contributed by atoms with Crippen molar-refractivity contribution in [3.63, 3.8) is 0 Å². The normalized spacial score (nSPS) is 43.6. The highest BCUT2D eigenvalue weighted by atomic mass is 16.3. The maximum atomic E-state index is 9.84. The predicted molar refractivity (Wildman–Crippen MR) is 63.7 cm³/mol. The lowest BCUT2D eigenvalue weighted by atomic mass is 9.74. The molecule has 2 saturated carbocycles. The Hall–Kier alpha value is -0.0400. The first-order valence-electron chi connectivity index (χ1n) is 6.93. The van der Waals surface area contributed by atoms with Gasteiger partial charge in [0.2, 0.25) is 0 Å². The average Bonchev–Trinajstić information content (AvgIpc) is 2.44. The zero-order valence-corrected chi connectivity index (χ0v) is 10.1. The van der Waals surface area contributed by atoms with E-state index < -0.39 is 0 Å². The van der Waals surface area contributed by atoms with E-state index in [0.717, 1.165) is 30.6 Å². The monoisotopic (exact) mass is 210 g/mol. The first-order chi connectivity index (χ1) is 7.25. The molecule has 0 aliphatic heterocycles. The van der Waals surface area contributed by atoms with Gasteiger partial charge in [0.1, 0.15) is 0 Å². The van der Waals surface area contributed by atoms with E-state index in [-0.39, 0.29) is 6.10 Å². The summed E-state index contributed by atoms with van der Waals surface area (Å²) in [5, 5.41) is 9.84. The Kier molecular flexibility index (Phi) is 4.07. The minimum Gasteiger partial charge on any atom is -0.393 e. The molecule has 0 aromatic carbocycles. The Balaban J connectivity index is 1.85. The van der Waals surface area contributed by atoms with Crippen LogP contribution >= 0.6 is 0 Å². The maximum Gasteiger partial charge on any atom is 0.0543 e. The van der Waals surface area contributed by atoms with Gasteiger partial charge < -0.3 is 5.11 Å². The summed E-state index contributed by atoms with van der Waals surface area (Å²) in [4.78, 5) is 0. The van der Waals surface area contributed by atoms with E-state index >= 15 is 0 Å². The molecule has 0 aromatic rings.